The molecule has 1 atom stereocenters. The van der Waals surface area contributed by atoms with Crippen LogP contribution < -0.4 is 10.1 Å². The summed E-state index contributed by atoms with van der Waals surface area (Å²) >= 11 is 11.8. The molecule has 0 aliphatic heterocycles. The second-order valence-electron chi connectivity index (χ2n) is 4.50. The highest BCUT2D eigenvalue weighted by molar-refractivity contribution is 6.42. The predicted octanol–water partition coefficient (Wildman–Crippen LogP) is 5.46. The van der Waals surface area contributed by atoms with Crippen molar-refractivity contribution in [3.63, 3.8) is 0 Å². The summed E-state index contributed by atoms with van der Waals surface area (Å²) in [4.78, 5) is 0. The molecule has 0 amide bonds. The van der Waals surface area contributed by atoms with E-state index in [1.165, 1.54) is 5.56 Å². The predicted molar refractivity (Wildman–Crippen MR) is 85.1 cm³/mol. The first-order chi connectivity index (χ1) is 9.63. The highest BCUT2D eigenvalue weighted by Gasteiger charge is 2.07. The zero-order chi connectivity index (χ0) is 14.5. The van der Waals surface area contributed by atoms with Gasteiger partial charge in [-0.05, 0) is 43.3 Å². The van der Waals surface area contributed by atoms with Crippen molar-refractivity contribution in [2.75, 3.05) is 7.05 Å². The summed E-state index contributed by atoms with van der Waals surface area (Å²) < 4.78 is 5.75. The minimum atomic E-state index is 0.369. The Morgan fingerprint density at radius 3 is 2.20 bits per heavy atom. The summed E-state index contributed by atoms with van der Waals surface area (Å²) in [6.45, 7) is 2.15. The SMILES string of the molecule is CCC(NC)c1ccc(Oc2ccc(Cl)c(Cl)c2)cc1. The molecule has 4 heteroatoms. The van der Waals surface area contributed by atoms with Gasteiger partial charge < -0.3 is 10.1 Å². The molecule has 2 nitrogen and oxygen atoms in total. The lowest BCUT2D eigenvalue weighted by Gasteiger charge is -2.14. The summed E-state index contributed by atoms with van der Waals surface area (Å²) in [6.07, 6.45) is 1.05. The monoisotopic (exact) mass is 309 g/mol. The van der Waals surface area contributed by atoms with Crippen LogP contribution in [0.4, 0.5) is 0 Å². The number of ether oxygens (including phenoxy) is 1. The van der Waals surface area contributed by atoms with Gasteiger partial charge in [-0.25, -0.2) is 0 Å². The fraction of sp³-hybridized carbons (Fsp3) is 0.250. The van der Waals surface area contributed by atoms with Crippen molar-refractivity contribution in [2.45, 2.75) is 19.4 Å². The number of nitrogens with one attached hydrogen (secondary N) is 1. The van der Waals surface area contributed by atoms with Gasteiger partial charge >= 0.3 is 0 Å². The van der Waals surface area contributed by atoms with Gasteiger partial charge in [-0.3, -0.25) is 0 Å². The maximum absolute atomic E-state index is 5.96. The minimum absolute atomic E-state index is 0.369. The molecule has 0 spiro atoms. The van der Waals surface area contributed by atoms with E-state index in [1.54, 1.807) is 18.2 Å². The Morgan fingerprint density at radius 2 is 1.65 bits per heavy atom. The lowest BCUT2D eigenvalue weighted by Crippen LogP contribution is -2.14. The van der Waals surface area contributed by atoms with Crippen molar-refractivity contribution in [3.8, 4) is 11.5 Å². The van der Waals surface area contributed by atoms with E-state index < -0.39 is 0 Å². The number of rotatable bonds is 5. The fourth-order valence-electron chi connectivity index (χ4n) is 2.05. The molecule has 0 saturated heterocycles. The van der Waals surface area contributed by atoms with E-state index in [0.717, 1.165) is 12.2 Å². The molecule has 0 bridgehead atoms. The molecule has 1 N–H and O–H groups in total. The molecule has 1 unspecified atom stereocenters. The number of hydrogen-bond acceptors (Lipinski definition) is 2. The first-order valence-corrected chi connectivity index (χ1v) is 7.29. The third-order valence-electron chi connectivity index (χ3n) is 3.17. The molecular weight excluding hydrogens is 293 g/mol. The van der Waals surface area contributed by atoms with E-state index in [4.69, 9.17) is 27.9 Å². The van der Waals surface area contributed by atoms with Gasteiger partial charge in [0.2, 0.25) is 0 Å². The third-order valence-corrected chi connectivity index (χ3v) is 3.90. The highest BCUT2D eigenvalue weighted by Crippen LogP contribution is 2.30. The average molecular weight is 310 g/mol. The standard InChI is InChI=1S/C16H17Cl2NO/c1-3-16(19-2)11-4-6-12(7-5-11)20-13-8-9-14(17)15(18)10-13/h4-10,16,19H,3H2,1-2H3. The molecule has 2 aromatic carbocycles. The molecule has 2 rings (SSSR count). The molecule has 20 heavy (non-hydrogen) atoms. The van der Waals surface area contributed by atoms with E-state index >= 15 is 0 Å². The first kappa shape index (κ1) is 15.2. The van der Waals surface area contributed by atoms with Crippen LogP contribution >= 0.6 is 23.2 Å². The number of benzene rings is 2. The van der Waals surface area contributed by atoms with Gasteiger partial charge in [0.15, 0.2) is 0 Å². The van der Waals surface area contributed by atoms with E-state index in [9.17, 15) is 0 Å². The Hall–Kier alpha value is -1.22. The van der Waals surface area contributed by atoms with E-state index in [1.807, 2.05) is 19.2 Å². The van der Waals surface area contributed by atoms with E-state index in [2.05, 4.69) is 24.4 Å². The quantitative estimate of drug-likeness (QED) is 0.792. The van der Waals surface area contributed by atoms with Crippen LogP contribution in [0.2, 0.25) is 10.0 Å². The van der Waals surface area contributed by atoms with Crippen LogP contribution in [0.15, 0.2) is 42.5 Å². The second kappa shape index (κ2) is 6.98. The van der Waals surface area contributed by atoms with Gasteiger partial charge in [0.25, 0.3) is 0 Å². The van der Waals surface area contributed by atoms with Gasteiger partial charge in [-0.15, -0.1) is 0 Å². The number of halogens is 2. The van der Waals surface area contributed by atoms with Gasteiger partial charge in [-0.1, -0.05) is 42.3 Å². The number of hydrogen-bond donors (Lipinski definition) is 1. The normalized spacial score (nSPS) is 12.2. The van der Waals surface area contributed by atoms with E-state index in [0.29, 0.717) is 21.8 Å². The van der Waals surface area contributed by atoms with Crippen LogP contribution in [0.25, 0.3) is 0 Å². The van der Waals surface area contributed by atoms with Crippen molar-refractivity contribution in [2.24, 2.45) is 0 Å². The van der Waals surface area contributed by atoms with Crippen molar-refractivity contribution in [3.05, 3.63) is 58.1 Å². The molecule has 106 valence electrons. The van der Waals surface area contributed by atoms with Crippen LogP contribution in [0, 0.1) is 0 Å². The maximum atomic E-state index is 5.96. The van der Waals surface area contributed by atoms with Crippen LogP contribution in [0.1, 0.15) is 24.9 Å². The lowest BCUT2D eigenvalue weighted by atomic mass is 10.0. The zero-order valence-electron chi connectivity index (χ0n) is 11.5. The first-order valence-electron chi connectivity index (χ1n) is 6.54. The Morgan fingerprint density at radius 1 is 1.00 bits per heavy atom. The smallest absolute Gasteiger partial charge is 0.129 e. The van der Waals surface area contributed by atoms with Crippen LogP contribution in [0.5, 0.6) is 11.5 Å². The molecule has 0 saturated carbocycles. The Labute approximate surface area is 129 Å². The maximum Gasteiger partial charge on any atom is 0.129 e. The zero-order valence-corrected chi connectivity index (χ0v) is 13.0. The minimum Gasteiger partial charge on any atom is -0.457 e. The molecule has 0 radical (unpaired) electrons. The molecule has 0 aliphatic rings. The van der Waals surface area contributed by atoms with Gasteiger partial charge in [0, 0.05) is 12.1 Å². The molecule has 0 heterocycles. The molecule has 0 aliphatic carbocycles. The van der Waals surface area contributed by atoms with Crippen molar-refractivity contribution in [1.82, 2.24) is 5.32 Å². The van der Waals surface area contributed by atoms with Gasteiger partial charge in [-0.2, -0.15) is 0 Å². The molecular formula is C16H17Cl2NO. The summed E-state index contributed by atoms with van der Waals surface area (Å²) in [5.41, 5.74) is 1.25. The van der Waals surface area contributed by atoms with Crippen LogP contribution in [-0.4, -0.2) is 7.05 Å². The van der Waals surface area contributed by atoms with Crippen molar-refractivity contribution < 1.29 is 4.74 Å². The second-order valence-corrected chi connectivity index (χ2v) is 5.31. The summed E-state index contributed by atoms with van der Waals surface area (Å²) in [7, 11) is 1.97. The Balaban J connectivity index is 2.12. The summed E-state index contributed by atoms with van der Waals surface area (Å²) in [5.74, 6) is 1.45. The van der Waals surface area contributed by atoms with Crippen LogP contribution in [0.3, 0.4) is 0 Å². The third kappa shape index (κ3) is 3.66. The van der Waals surface area contributed by atoms with E-state index in [-0.39, 0.29) is 0 Å². The average Bonchev–Trinajstić information content (AvgIpc) is 2.46. The fourth-order valence-corrected chi connectivity index (χ4v) is 2.34. The summed E-state index contributed by atoms with van der Waals surface area (Å²) in [5, 5.41) is 4.29. The topological polar surface area (TPSA) is 21.3 Å². The van der Waals surface area contributed by atoms with Crippen LogP contribution in [-0.2, 0) is 0 Å². The molecule has 2 aromatic rings. The van der Waals surface area contributed by atoms with Crippen molar-refractivity contribution >= 4 is 23.2 Å². The lowest BCUT2D eigenvalue weighted by molar-refractivity contribution is 0.481. The molecule has 0 aromatic heterocycles. The Bertz CT molecular complexity index is 565. The van der Waals surface area contributed by atoms with Crippen molar-refractivity contribution in [1.29, 1.82) is 0 Å². The van der Waals surface area contributed by atoms with Gasteiger partial charge in [0.05, 0.1) is 10.0 Å². The van der Waals surface area contributed by atoms with Gasteiger partial charge in [0.1, 0.15) is 11.5 Å². The Kier molecular flexibility index (Phi) is 5.30. The summed E-state index contributed by atoms with van der Waals surface area (Å²) in [6, 6.07) is 13.6. The largest absolute Gasteiger partial charge is 0.457 e. The highest BCUT2D eigenvalue weighted by atomic mass is 35.5. The molecule has 0 fully saturated rings.